The Morgan fingerprint density at radius 1 is 1.24 bits per heavy atom. The third-order valence-corrected chi connectivity index (χ3v) is 3.27. The summed E-state index contributed by atoms with van der Waals surface area (Å²) in [7, 11) is 1.34. The van der Waals surface area contributed by atoms with Gasteiger partial charge in [0.1, 0.15) is 17.5 Å². The Kier molecular flexibility index (Phi) is 7.20. The van der Waals surface area contributed by atoms with Crippen LogP contribution in [0.1, 0.15) is 49.2 Å². The number of aliphatic hydroxyl groups excluding tert-OH is 2. The Bertz CT molecular complexity index is 610. The summed E-state index contributed by atoms with van der Waals surface area (Å²) in [4.78, 5) is 22.5. The SMILES string of the molecule is COc1cc(C(=O)O)ccc1C(O)C(O)CCNC(=O)OC(C)(C)C. The average molecular weight is 355 g/mol. The lowest BCUT2D eigenvalue weighted by atomic mass is 9.99. The van der Waals surface area contributed by atoms with Gasteiger partial charge in [-0.25, -0.2) is 9.59 Å². The molecule has 0 heterocycles. The summed E-state index contributed by atoms with van der Waals surface area (Å²) >= 11 is 0. The van der Waals surface area contributed by atoms with Crippen molar-refractivity contribution in [2.45, 2.75) is 45.0 Å². The average Bonchev–Trinajstić information content (AvgIpc) is 2.51. The van der Waals surface area contributed by atoms with Crippen LogP contribution >= 0.6 is 0 Å². The summed E-state index contributed by atoms with van der Waals surface area (Å²) in [5.74, 6) is -0.965. The van der Waals surface area contributed by atoms with E-state index < -0.39 is 29.9 Å². The molecule has 1 rings (SSSR count). The number of hydrogen-bond donors (Lipinski definition) is 4. The quantitative estimate of drug-likeness (QED) is 0.586. The fourth-order valence-electron chi connectivity index (χ4n) is 2.09. The van der Waals surface area contributed by atoms with Crippen molar-refractivity contribution in [2.24, 2.45) is 0 Å². The zero-order valence-corrected chi connectivity index (χ0v) is 14.8. The van der Waals surface area contributed by atoms with Gasteiger partial charge < -0.3 is 30.1 Å². The van der Waals surface area contributed by atoms with E-state index in [0.717, 1.165) is 0 Å². The van der Waals surface area contributed by atoms with E-state index >= 15 is 0 Å². The van der Waals surface area contributed by atoms with Gasteiger partial charge in [0.15, 0.2) is 0 Å². The molecule has 2 unspecified atom stereocenters. The van der Waals surface area contributed by atoms with E-state index in [1.54, 1.807) is 20.8 Å². The van der Waals surface area contributed by atoms with Crippen LogP contribution in [0.2, 0.25) is 0 Å². The number of hydrogen-bond acceptors (Lipinski definition) is 6. The molecule has 0 saturated carbocycles. The summed E-state index contributed by atoms with van der Waals surface area (Å²) in [5, 5.41) is 31.8. The molecule has 4 N–H and O–H groups in total. The minimum absolute atomic E-state index is 0.00822. The molecule has 0 saturated heterocycles. The standard InChI is InChI=1S/C17H25NO7/c1-17(2,3)25-16(23)18-8-7-12(19)14(20)11-6-5-10(15(21)22)9-13(11)24-4/h5-6,9,12,14,19-20H,7-8H2,1-4H3,(H,18,23)(H,21,22). The van der Waals surface area contributed by atoms with Gasteiger partial charge in [-0.2, -0.15) is 0 Å². The molecular weight excluding hydrogens is 330 g/mol. The largest absolute Gasteiger partial charge is 0.496 e. The number of rotatable bonds is 7. The molecule has 8 heteroatoms. The summed E-state index contributed by atoms with van der Waals surface area (Å²) in [6.07, 6.45) is -3.01. The molecule has 0 aliphatic heterocycles. The topological polar surface area (TPSA) is 125 Å². The van der Waals surface area contributed by atoms with Gasteiger partial charge in [0.2, 0.25) is 0 Å². The van der Waals surface area contributed by atoms with Crippen LogP contribution in [-0.4, -0.2) is 52.7 Å². The molecule has 2 atom stereocenters. The second-order valence-corrected chi connectivity index (χ2v) is 6.49. The Morgan fingerprint density at radius 3 is 2.40 bits per heavy atom. The minimum atomic E-state index is -1.29. The highest BCUT2D eigenvalue weighted by Gasteiger charge is 2.23. The lowest BCUT2D eigenvalue weighted by Crippen LogP contribution is -2.34. The Hall–Kier alpha value is -2.32. The first-order valence-corrected chi connectivity index (χ1v) is 7.79. The molecule has 140 valence electrons. The highest BCUT2D eigenvalue weighted by molar-refractivity contribution is 5.88. The van der Waals surface area contributed by atoms with Crippen LogP contribution in [0.25, 0.3) is 0 Å². The monoisotopic (exact) mass is 355 g/mol. The molecule has 8 nitrogen and oxygen atoms in total. The maximum Gasteiger partial charge on any atom is 0.407 e. The molecule has 25 heavy (non-hydrogen) atoms. The van der Waals surface area contributed by atoms with Crippen molar-refractivity contribution >= 4 is 12.1 Å². The number of carboxylic acid groups (broad SMARTS) is 1. The van der Waals surface area contributed by atoms with Gasteiger partial charge in [-0.15, -0.1) is 0 Å². The van der Waals surface area contributed by atoms with Gasteiger partial charge in [-0.1, -0.05) is 6.07 Å². The summed E-state index contributed by atoms with van der Waals surface area (Å²) in [6.45, 7) is 5.30. The summed E-state index contributed by atoms with van der Waals surface area (Å²) < 4.78 is 10.1. The molecule has 0 aromatic heterocycles. The molecule has 0 aliphatic rings. The number of carboxylic acids is 1. The van der Waals surface area contributed by atoms with Crippen molar-refractivity contribution in [1.82, 2.24) is 5.32 Å². The van der Waals surface area contributed by atoms with Crippen molar-refractivity contribution < 1.29 is 34.4 Å². The fourth-order valence-corrected chi connectivity index (χ4v) is 2.09. The molecule has 0 aliphatic carbocycles. The normalized spacial score (nSPS) is 13.7. The molecule has 0 bridgehead atoms. The van der Waals surface area contributed by atoms with Crippen molar-refractivity contribution in [3.8, 4) is 5.75 Å². The lowest BCUT2D eigenvalue weighted by Gasteiger charge is -2.22. The molecule has 0 fully saturated rings. The number of benzene rings is 1. The number of ether oxygens (including phenoxy) is 2. The van der Waals surface area contributed by atoms with Gasteiger partial charge in [0.05, 0.1) is 18.8 Å². The number of amides is 1. The van der Waals surface area contributed by atoms with E-state index in [-0.39, 0.29) is 29.8 Å². The maximum atomic E-state index is 11.5. The Morgan fingerprint density at radius 2 is 1.88 bits per heavy atom. The van der Waals surface area contributed by atoms with E-state index in [2.05, 4.69) is 5.32 Å². The molecule has 0 radical (unpaired) electrons. The Labute approximate surface area is 146 Å². The van der Waals surface area contributed by atoms with E-state index in [4.69, 9.17) is 14.6 Å². The van der Waals surface area contributed by atoms with Crippen LogP contribution in [0.4, 0.5) is 4.79 Å². The number of carbonyl (C=O) groups excluding carboxylic acids is 1. The first kappa shape index (κ1) is 20.7. The first-order chi connectivity index (χ1) is 11.5. The first-order valence-electron chi connectivity index (χ1n) is 7.79. The van der Waals surface area contributed by atoms with Crippen molar-refractivity contribution in [1.29, 1.82) is 0 Å². The van der Waals surface area contributed by atoms with Gasteiger partial charge >= 0.3 is 12.1 Å². The highest BCUT2D eigenvalue weighted by Crippen LogP contribution is 2.29. The molecule has 1 amide bonds. The van der Waals surface area contributed by atoms with Crippen LogP contribution in [-0.2, 0) is 4.74 Å². The van der Waals surface area contributed by atoms with Crippen molar-refractivity contribution in [3.63, 3.8) is 0 Å². The van der Waals surface area contributed by atoms with Crippen LogP contribution < -0.4 is 10.1 Å². The van der Waals surface area contributed by atoms with Gasteiger partial charge in [0, 0.05) is 12.1 Å². The zero-order valence-electron chi connectivity index (χ0n) is 14.8. The van der Waals surface area contributed by atoms with E-state index in [0.29, 0.717) is 0 Å². The summed E-state index contributed by atoms with van der Waals surface area (Å²) in [5.41, 5.74) is -0.354. The number of alkyl carbamates (subject to hydrolysis) is 1. The van der Waals surface area contributed by atoms with Crippen LogP contribution in [0, 0.1) is 0 Å². The third kappa shape index (κ3) is 6.60. The number of carbonyl (C=O) groups is 2. The van der Waals surface area contributed by atoms with Crippen molar-refractivity contribution in [2.75, 3.05) is 13.7 Å². The second-order valence-electron chi connectivity index (χ2n) is 6.49. The highest BCUT2D eigenvalue weighted by atomic mass is 16.6. The van der Waals surface area contributed by atoms with Gasteiger partial charge in [-0.3, -0.25) is 0 Å². The molecule has 1 aromatic rings. The number of methoxy groups -OCH3 is 1. The van der Waals surface area contributed by atoms with Crippen LogP contribution in [0.3, 0.4) is 0 Å². The lowest BCUT2D eigenvalue weighted by molar-refractivity contribution is 0.0110. The molecule has 1 aromatic carbocycles. The fraction of sp³-hybridized carbons (Fsp3) is 0.529. The van der Waals surface area contributed by atoms with E-state index in [1.165, 1.54) is 25.3 Å². The second kappa shape index (κ2) is 8.68. The van der Waals surface area contributed by atoms with E-state index in [1.807, 2.05) is 0 Å². The smallest absolute Gasteiger partial charge is 0.407 e. The predicted octanol–water partition coefficient (Wildman–Crippen LogP) is 1.70. The van der Waals surface area contributed by atoms with Gasteiger partial charge in [-0.05, 0) is 39.3 Å². The summed E-state index contributed by atoms with van der Waals surface area (Å²) in [6, 6.07) is 3.97. The third-order valence-electron chi connectivity index (χ3n) is 3.27. The van der Waals surface area contributed by atoms with Crippen LogP contribution in [0.15, 0.2) is 18.2 Å². The van der Waals surface area contributed by atoms with E-state index in [9.17, 15) is 19.8 Å². The predicted molar refractivity (Wildman–Crippen MR) is 89.8 cm³/mol. The Balaban J connectivity index is 2.66. The molecule has 0 spiro atoms. The number of nitrogens with one attached hydrogen (secondary N) is 1. The zero-order chi connectivity index (χ0) is 19.2. The minimum Gasteiger partial charge on any atom is -0.496 e. The number of aromatic carboxylic acids is 1. The van der Waals surface area contributed by atoms with Crippen LogP contribution in [0.5, 0.6) is 5.75 Å². The van der Waals surface area contributed by atoms with Crippen molar-refractivity contribution in [3.05, 3.63) is 29.3 Å². The molecular formula is C17H25NO7. The van der Waals surface area contributed by atoms with Gasteiger partial charge in [0.25, 0.3) is 0 Å². The maximum absolute atomic E-state index is 11.5. The number of aliphatic hydroxyl groups is 2.